The number of carbonyl (C=O) groups excluding carboxylic acids is 2. The summed E-state index contributed by atoms with van der Waals surface area (Å²) in [6, 6.07) is 10.8. The molecule has 35 heavy (non-hydrogen) atoms. The molecule has 1 aliphatic heterocycles. The third-order valence-corrected chi connectivity index (χ3v) is 6.86. The van der Waals surface area contributed by atoms with Gasteiger partial charge in [0.25, 0.3) is 5.91 Å². The molecule has 11 heteroatoms. The van der Waals surface area contributed by atoms with E-state index in [1.165, 1.54) is 6.07 Å². The van der Waals surface area contributed by atoms with Gasteiger partial charge in [-0.3, -0.25) is 14.5 Å². The van der Waals surface area contributed by atoms with Crippen molar-refractivity contribution >= 4 is 50.0 Å². The van der Waals surface area contributed by atoms with Gasteiger partial charge in [0.2, 0.25) is 5.78 Å². The van der Waals surface area contributed by atoms with E-state index in [1.54, 1.807) is 31.2 Å². The minimum absolute atomic E-state index is 0.118. The highest BCUT2D eigenvalue weighted by Gasteiger charge is 2.46. The van der Waals surface area contributed by atoms with Crippen LogP contribution in [0.1, 0.15) is 33.5 Å². The molecule has 1 atom stereocenters. The number of alkyl halides is 3. The highest BCUT2D eigenvalue weighted by molar-refractivity contribution is 7.22. The number of furan rings is 1. The number of para-hydroxylation sites is 1. The average molecular weight is 519 g/mol. The van der Waals surface area contributed by atoms with Gasteiger partial charge in [-0.25, -0.2) is 4.98 Å². The molecule has 0 aliphatic carbocycles. The minimum atomic E-state index is -4.57. The second kappa shape index (κ2) is 8.24. The summed E-state index contributed by atoms with van der Waals surface area (Å²) < 4.78 is 45.5. The Hall–Kier alpha value is -3.63. The Morgan fingerprint density at radius 3 is 2.46 bits per heavy atom. The molecule has 1 unspecified atom stereocenters. The first kappa shape index (κ1) is 23.1. The van der Waals surface area contributed by atoms with E-state index in [1.807, 2.05) is 0 Å². The van der Waals surface area contributed by atoms with Crippen molar-refractivity contribution in [2.24, 2.45) is 0 Å². The minimum Gasteiger partial charge on any atom is -0.503 e. The first-order chi connectivity index (χ1) is 16.6. The van der Waals surface area contributed by atoms with Gasteiger partial charge in [0.1, 0.15) is 11.3 Å². The van der Waals surface area contributed by atoms with Crippen molar-refractivity contribution in [1.82, 2.24) is 4.98 Å². The molecule has 3 heterocycles. The SMILES string of the molecule is Cc1ccc(C(=O)C2=C(O)C(=O)N(c3nc4c(Cl)cccc4s3)C2c2ccc(C(F)(F)F)cc2)o1. The van der Waals surface area contributed by atoms with Crippen molar-refractivity contribution in [3.8, 4) is 0 Å². The molecular weight excluding hydrogens is 505 g/mol. The molecule has 0 radical (unpaired) electrons. The lowest BCUT2D eigenvalue weighted by molar-refractivity contribution is -0.137. The molecule has 0 fully saturated rings. The van der Waals surface area contributed by atoms with E-state index in [2.05, 4.69) is 4.98 Å². The average Bonchev–Trinajstić information content (AvgIpc) is 3.50. The zero-order valence-electron chi connectivity index (χ0n) is 17.8. The van der Waals surface area contributed by atoms with Crippen LogP contribution in [0.25, 0.3) is 10.2 Å². The Morgan fingerprint density at radius 2 is 1.86 bits per heavy atom. The smallest absolute Gasteiger partial charge is 0.416 e. The molecule has 2 aromatic carbocycles. The van der Waals surface area contributed by atoms with Gasteiger partial charge in [-0.05, 0) is 48.9 Å². The van der Waals surface area contributed by atoms with Gasteiger partial charge >= 0.3 is 6.18 Å². The Labute approximate surface area is 204 Å². The topological polar surface area (TPSA) is 83.6 Å². The maximum atomic E-state index is 13.3. The van der Waals surface area contributed by atoms with E-state index in [9.17, 15) is 27.9 Å². The first-order valence-corrected chi connectivity index (χ1v) is 11.4. The Morgan fingerprint density at radius 1 is 1.14 bits per heavy atom. The molecule has 178 valence electrons. The number of fused-ring (bicyclic) bond motifs is 1. The molecular formula is C24H14ClF3N2O4S. The largest absolute Gasteiger partial charge is 0.503 e. The predicted molar refractivity (Wildman–Crippen MR) is 124 cm³/mol. The van der Waals surface area contributed by atoms with Crippen molar-refractivity contribution in [2.75, 3.05) is 4.90 Å². The maximum absolute atomic E-state index is 13.3. The van der Waals surface area contributed by atoms with E-state index < -0.39 is 35.2 Å². The molecule has 5 rings (SSSR count). The fourth-order valence-electron chi connectivity index (χ4n) is 3.90. The van der Waals surface area contributed by atoms with E-state index in [-0.39, 0.29) is 22.0 Å². The molecule has 6 nitrogen and oxygen atoms in total. The van der Waals surface area contributed by atoms with E-state index in [0.29, 0.717) is 21.0 Å². The van der Waals surface area contributed by atoms with Crippen molar-refractivity contribution in [2.45, 2.75) is 19.1 Å². The molecule has 0 saturated carbocycles. The fourth-order valence-corrected chi connectivity index (χ4v) is 5.19. The zero-order chi connectivity index (χ0) is 25.1. The first-order valence-electron chi connectivity index (χ1n) is 10.2. The normalized spacial score (nSPS) is 16.5. The molecule has 2 aromatic heterocycles. The van der Waals surface area contributed by atoms with Crippen LogP contribution in [0, 0.1) is 6.92 Å². The van der Waals surface area contributed by atoms with Crippen LogP contribution in [0.15, 0.2) is 70.3 Å². The summed E-state index contributed by atoms with van der Waals surface area (Å²) in [5.41, 5.74) is -0.637. The molecule has 1 N–H and O–H groups in total. The van der Waals surface area contributed by atoms with Crippen molar-refractivity contribution in [3.05, 3.63) is 93.6 Å². The standard InChI is InChI=1S/C24H14ClF3N2O4S/c1-11-5-10-15(34-11)20(31)17-19(12-6-8-13(9-7-12)24(26,27)28)30(22(33)21(17)32)23-29-18-14(25)3-2-4-16(18)35-23/h2-10,19,32H,1H3. The van der Waals surface area contributed by atoms with Crippen LogP contribution >= 0.6 is 22.9 Å². The molecule has 0 saturated heterocycles. The van der Waals surface area contributed by atoms with Crippen LogP contribution in [0.4, 0.5) is 18.3 Å². The third kappa shape index (κ3) is 3.88. The molecule has 0 spiro atoms. The summed E-state index contributed by atoms with van der Waals surface area (Å²) in [6.07, 6.45) is -4.57. The lowest BCUT2D eigenvalue weighted by Gasteiger charge is -2.24. The van der Waals surface area contributed by atoms with Gasteiger partial charge in [0, 0.05) is 0 Å². The van der Waals surface area contributed by atoms with Gasteiger partial charge in [0.15, 0.2) is 16.7 Å². The second-order valence-corrected chi connectivity index (χ2v) is 9.20. The van der Waals surface area contributed by atoms with Gasteiger partial charge < -0.3 is 9.52 Å². The van der Waals surface area contributed by atoms with E-state index in [4.69, 9.17) is 16.0 Å². The summed E-state index contributed by atoms with van der Waals surface area (Å²) in [5.74, 6) is -2.21. The number of halogens is 4. The third-order valence-electron chi connectivity index (χ3n) is 5.54. The van der Waals surface area contributed by atoms with Crippen LogP contribution < -0.4 is 4.90 Å². The van der Waals surface area contributed by atoms with Crippen molar-refractivity contribution in [3.63, 3.8) is 0 Å². The lowest BCUT2D eigenvalue weighted by Crippen LogP contribution is -2.31. The predicted octanol–water partition coefficient (Wildman–Crippen LogP) is 6.65. The number of aromatic nitrogens is 1. The number of benzene rings is 2. The number of amides is 1. The van der Waals surface area contributed by atoms with Crippen LogP contribution in [0.3, 0.4) is 0 Å². The zero-order valence-corrected chi connectivity index (χ0v) is 19.3. The highest BCUT2D eigenvalue weighted by Crippen LogP contribution is 2.45. The highest BCUT2D eigenvalue weighted by atomic mass is 35.5. The number of anilines is 1. The Bertz CT molecular complexity index is 1520. The van der Waals surface area contributed by atoms with Gasteiger partial charge in [-0.15, -0.1) is 0 Å². The monoisotopic (exact) mass is 518 g/mol. The Kier molecular flexibility index (Phi) is 5.45. The van der Waals surface area contributed by atoms with E-state index in [0.717, 1.165) is 40.5 Å². The summed E-state index contributed by atoms with van der Waals surface area (Å²) in [7, 11) is 0. The number of hydrogen-bond acceptors (Lipinski definition) is 6. The summed E-state index contributed by atoms with van der Waals surface area (Å²) in [6.45, 7) is 1.62. The van der Waals surface area contributed by atoms with Crippen LogP contribution in [-0.2, 0) is 11.0 Å². The van der Waals surface area contributed by atoms with Crippen LogP contribution in [-0.4, -0.2) is 21.8 Å². The summed E-state index contributed by atoms with van der Waals surface area (Å²) >= 11 is 7.32. The number of rotatable bonds is 4. The molecule has 4 aromatic rings. The number of nitrogens with zero attached hydrogens (tertiary/aromatic N) is 2. The number of aliphatic hydroxyl groups is 1. The van der Waals surface area contributed by atoms with Gasteiger partial charge in [-0.2, -0.15) is 13.2 Å². The summed E-state index contributed by atoms with van der Waals surface area (Å²) in [4.78, 5) is 32.0. The van der Waals surface area contributed by atoms with Crippen LogP contribution in [0.2, 0.25) is 5.02 Å². The second-order valence-electron chi connectivity index (χ2n) is 7.78. The number of ketones is 1. The number of aliphatic hydroxyl groups excluding tert-OH is 1. The maximum Gasteiger partial charge on any atom is 0.416 e. The quantitative estimate of drug-likeness (QED) is 0.306. The lowest BCUT2D eigenvalue weighted by atomic mass is 9.94. The molecule has 1 amide bonds. The number of hydrogen-bond donors (Lipinski definition) is 1. The molecule has 0 bridgehead atoms. The fraction of sp³-hybridized carbons (Fsp3) is 0.125. The van der Waals surface area contributed by atoms with E-state index >= 15 is 0 Å². The Balaban J connectivity index is 1.68. The van der Waals surface area contributed by atoms with Gasteiger partial charge in [-0.1, -0.05) is 41.1 Å². The van der Waals surface area contributed by atoms with Crippen molar-refractivity contribution < 1.29 is 32.3 Å². The number of Topliss-reactive ketones (excluding diaryl/α,β-unsaturated/α-hetero) is 1. The summed E-state index contributed by atoms with van der Waals surface area (Å²) in [5, 5.41) is 11.2. The number of aryl methyl sites for hydroxylation is 1. The van der Waals surface area contributed by atoms with Crippen LogP contribution in [0.5, 0.6) is 0 Å². The molecule has 1 aliphatic rings. The number of thiazole rings is 1. The number of carbonyl (C=O) groups is 2. The van der Waals surface area contributed by atoms with Gasteiger partial charge in [0.05, 0.1) is 26.9 Å². The van der Waals surface area contributed by atoms with Crippen molar-refractivity contribution in [1.29, 1.82) is 0 Å².